The van der Waals surface area contributed by atoms with Gasteiger partial charge in [-0.05, 0) is 12.1 Å². The van der Waals surface area contributed by atoms with Gasteiger partial charge in [0.15, 0.2) is 0 Å². The minimum atomic E-state index is -4.82. The van der Waals surface area contributed by atoms with E-state index in [4.69, 9.17) is 41.2 Å². The van der Waals surface area contributed by atoms with E-state index in [0.29, 0.717) is 4.57 Å². The fourth-order valence-corrected chi connectivity index (χ4v) is 3.47. The van der Waals surface area contributed by atoms with E-state index in [2.05, 4.69) is 5.92 Å². The van der Waals surface area contributed by atoms with E-state index in [0.717, 1.165) is 24.1 Å². The van der Waals surface area contributed by atoms with E-state index in [1.165, 1.54) is 7.05 Å². The summed E-state index contributed by atoms with van der Waals surface area (Å²) in [7, 11) is 2.44. The molecule has 144 valence electrons. The Bertz CT molecular complexity index is 961. The fourth-order valence-electron chi connectivity index (χ4n) is 2.48. The third-order valence-corrected chi connectivity index (χ3v) is 4.89. The molecule has 0 aliphatic carbocycles. The summed E-state index contributed by atoms with van der Waals surface area (Å²) in [6.45, 7) is -0.0487. The Morgan fingerprint density at radius 1 is 1.30 bits per heavy atom. The topological polar surface area (TPSA) is 25.2 Å². The highest BCUT2D eigenvalue weighted by Crippen LogP contribution is 2.46. The molecule has 0 aliphatic rings. The smallest absolute Gasteiger partial charge is 0.331 e. The molecule has 0 fully saturated rings. The predicted molar refractivity (Wildman–Crippen MR) is 96.6 cm³/mol. The van der Waals surface area contributed by atoms with Gasteiger partial charge in [-0.3, -0.25) is 4.79 Å². The summed E-state index contributed by atoms with van der Waals surface area (Å²) in [6, 6.07) is 1.81. The number of benzene rings is 1. The number of hydrogen-bond donors (Lipinski definition) is 0. The second-order valence-electron chi connectivity index (χ2n) is 5.56. The Hall–Kier alpha value is -1.88. The maximum absolute atomic E-state index is 14.5. The number of halogens is 7. The van der Waals surface area contributed by atoms with E-state index in [1.807, 2.05) is 0 Å². The van der Waals surface area contributed by atoms with Crippen molar-refractivity contribution >= 4 is 40.7 Å². The first kappa shape index (κ1) is 21.4. The minimum Gasteiger partial charge on any atom is -0.331 e. The fraction of sp³-hybridized carbons (Fsp3) is 0.235. The summed E-state index contributed by atoms with van der Waals surface area (Å²) in [5, 5.41) is -1.46. The maximum atomic E-state index is 14.5. The highest BCUT2D eigenvalue weighted by molar-refractivity contribution is 6.40. The lowest BCUT2D eigenvalue weighted by molar-refractivity contribution is -0.142. The van der Waals surface area contributed by atoms with Gasteiger partial charge in [-0.1, -0.05) is 40.7 Å². The molecule has 1 heterocycles. The number of carbonyl (C=O) groups is 1. The van der Waals surface area contributed by atoms with Crippen LogP contribution in [0.25, 0.3) is 11.1 Å². The molecular formula is C17H11Cl3F4N2O. The van der Waals surface area contributed by atoms with Crippen molar-refractivity contribution in [3.63, 3.8) is 0 Å². The zero-order valence-corrected chi connectivity index (χ0v) is 16.2. The van der Waals surface area contributed by atoms with Gasteiger partial charge in [0.05, 0.1) is 22.2 Å². The molecule has 0 N–H and O–H groups in total. The van der Waals surface area contributed by atoms with Crippen LogP contribution in [0.2, 0.25) is 15.2 Å². The molecule has 1 amide bonds. The molecule has 0 aliphatic heterocycles. The van der Waals surface area contributed by atoms with Crippen LogP contribution in [0, 0.1) is 18.2 Å². The Morgan fingerprint density at radius 2 is 1.89 bits per heavy atom. The summed E-state index contributed by atoms with van der Waals surface area (Å²) in [4.78, 5) is 13.6. The van der Waals surface area contributed by atoms with Gasteiger partial charge in [0.25, 0.3) is 5.91 Å². The van der Waals surface area contributed by atoms with E-state index >= 15 is 0 Å². The van der Waals surface area contributed by atoms with Crippen LogP contribution in [-0.2, 0) is 13.2 Å². The summed E-state index contributed by atoms with van der Waals surface area (Å²) < 4.78 is 54.7. The number of amides is 1. The third kappa shape index (κ3) is 3.88. The summed E-state index contributed by atoms with van der Waals surface area (Å²) in [6.07, 6.45) is 0.330. The second-order valence-corrected chi connectivity index (χ2v) is 6.71. The average Bonchev–Trinajstić information content (AvgIpc) is 2.77. The molecule has 2 rings (SSSR count). The largest absolute Gasteiger partial charge is 0.432 e. The van der Waals surface area contributed by atoms with Crippen molar-refractivity contribution in [2.24, 2.45) is 7.05 Å². The van der Waals surface area contributed by atoms with Crippen LogP contribution in [0.3, 0.4) is 0 Å². The summed E-state index contributed by atoms with van der Waals surface area (Å²) in [5.74, 6) is 0.631. The number of nitrogens with zero attached hydrogens (tertiary/aromatic N) is 2. The number of alkyl halides is 3. The van der Waals surface area contributed by atoms with Crippen LogP contribution >= 0.6 is 34.8 Å². The summed E-state index contributed by atoms with van der Waals surface area (Å²) in [5.41, 5.74) is -2.18. The first-order valence-electron chi connectivity index (χ1n) is 7.21. The first-order valence-corrected chi connectivity index (χ1v) is 8.34. The molecule has 2 aromatic rings. The molecule has 0 saturated carbocycles. The Morgan fingerprint density at radius 3 is 2.37 bits per heavy atom. The van der Waals surface area contributed by atoms with Crippen molar-refractivity contribution in [2.45, 2.75) is 6.18 Å². The standard InChI is InChI=1S/C17H11Cl3F4N2O/c1-4-5-25(2)16(27)8-6-9(11(21)7-10(8)18)12-13(19)14(17(22,23)24)26(3)15(12)20/h1,6-7H,5H2,2-3H3. The predicted octanol–water partition coefficient (Wildman–Crippen LogP) is 5.52. The molecule has 0 atom stereocenters. The normalized spacial score (nSPS) is 11.4. The molecule has 0 bridgehead atoms. The highest BCUT2D eigenvalue weighted by atomic mass is 35.5. The van der Waals surface area contributed by atoms with Crippen LogP contribution in [0.15, 0.2) is 12.1 Å². The molecule has 1 aromatic carbocycles. The number of rotatable bonds is 3. The van der Waals surface area contributed by atoms with Crippen LogP contribution in [0.4, 0.5) is 17.6 Å². The molecule has 10 heteroatoms. The van der Waals surface area contributed by atoms with Gasteiger partial charge in [-0.2, -0.15) is 13.2 Å². The van der Waals surface area contributed by atoms with Crippen molar-refractivity contribution in [1.29, 1.82) is 0 Å². The molecule has 3 nitrogen and oxygen atoms in total. The third-order valence-electron chi connectivity index (χ3n) is 3.76. The van der Waals surface area contributed by atoms with Crippen molar-refractivity contribution in [1.82, 2.24) is 9.47 Å². The zero-order chi connectivity index (χ0) is 20.7. The Labute approximate surface area is 167 Å². The lowest BCUT2D eigenvalue weighted by Crippen LogP contribution is -2.27. The van der Waals surface area contributed by atoms with E-state index in [9.17, 15) is 22.4 Å². The molecule has 27 heavy (non-hydrogen) atoms. The lowest BCUT2D eigenvalue weighted by Gasteiger charge is -2.16. The van der Waals surface area contributed by atoms with Crippen molar-refractivity contribution in [2.75, 3.05) is 13.6 Å². The van der Waals surface area contributed by atoms with Gasteiger partial charge in [0.2, 0.25) is 0 Å². The van der Waals surface area contributed by atoms with Crippen LogP contribution in [0.5, 0.6) is 0 Å². The second kappa shape index (κ2) is 7.63. The van der Waals surface area contributed by atoms with Crippen molar-refractivity contribution in [3.05, 3.63) is 44.4 Å². The first-order chi connectivity index (χ1) is 12.4. The van der Waals surface area contributed by atoms with Crippen LogP contribution in [-0.4, -0.2) is 29.0 Å². The molecular weight excluding hydrogens is 431 g/mol. The minimum absolute atomic E-state index is 0.0487. The SMILES string of the molecule is C#CCN(C)C(=O)c1cc(-c2c(Cl)c(C(F)(F)F)n(C)c2Cl)c(F)cc1Cl. The van der Waals surface area contributed by atoms with Crippen molar-refractivity contribution in [3.8, 4) is 23.5 Å². The number of carbonyl (C=O) groups excluding carboxylic acids is 1. The van der Waals surface area contributed by atoms with Gasteiger partial charge in [-0.15, -0.1) is 6.42 Å². The highest BCUT2D eigenvalue weighted by Gasteiger charge is 2.40. The van der Waals surface area contributed by atoms with Gasteiger partial charge in [0.1, 0.15) is 16.7 Å². The van der Waals surface area contributed by atoms with Crippen LogP contribution in [0.1, 0.15) is 16.1 Å². The molecule has 0 spiro atoms. The van der Waals surface area contributed by atoms with E-state index < -0.39 is 44.9 Å². The molecule has 1 aromatic heterocycles. The maximum Gasteiger partial charge on any atom is 0.432 e. The van der Waals surface area contributed by atoms with Gasteiger partial charge < -0.3 is 9.47 Å². The van der Waals surface area contributed by atoms with E-state index in [1.54, 1.807) is 0 Å². The van der Waals surface area contributed by atoms with E-state index in [-0.39, 0.29) is 17.1 Å². The summed E-state index contributed by atoms with van der Waals surface area (Å²) >= 11 is 17.8. The molecule has 0 radical (unpaired) electrons. The van der Waals surface area contributed by atoms with Crippen LogP contribution < -0.4 is 0 Å². The van der Waals surface area contributed by atoms with Gasteiger partial charge in [-0.25, -0.2) is 4.39 Å². The molecule has 0 saturated heterocycles. The Kier molecular flexibility index (Phi) is 6.05. The quantitative estimate of drug-likeness (QED) is 0.455. The monoisotopic (exact) mass is 440 g/mol. The Balaban J connectivity index is 2.74. The average molecular weight is 442 g/mol. The molecule has 0 unspecified atom stereocenters. The van der Waals surface area contributed by atoms with Gasteiger partial charge >= 0.3 is 6.18 Å². The number of aromatic nitrogens is 1. The van der Waals surface area contributed by atoms with Crippen molar-refractivity contribution < 1.29 is 22.4 Å². The lowest BCUT2D eigenvalue weighted by atomic mass is 10.0. The zero-order valence-electron chi connectivity index (χ0n) is 13.9. The number of hydrogen-bond acceptors (Lipinski definition) is 1. The number of terminal acetylenes is 1. The van der Waals surface area contributed by atoms with Gasteiger partial charge in [0, 0.05) is 25.2 Å².